The summed E-state index contributed by atoms with van der Waals surface area (Å²) in [5.41, 5.74) is 0. The first-order chi connectivity index (χ1) is 7.72. The predicted molar refractivity (Wildman–Crippen MR) is 59.8 cm³/mol. The number of likely N-dealkylation sites (N-methyl/N-ethyl adjacent to an activating group) is 1. The standard InChI is InChI=1S/C11H19N3O2/c1-12-11(16)9-3-2-6-14(9)10(15)7-13-8-4-5-8/h8-9,13H,2-7H2,1H3,(H,12,16). The Morgan fingerprint density at radius 1 is 1.31 bits per heavy atom. The molecular weight excluding hydrogens is 206 g/mol. The highest BCUT2D eigenvalue weighted by Crippen LogP contribution is 2.20. The van der Waals surface area contributed by atoms with E-state index in [-0.39, 0.29) is 17.9 Å². The van der Waals surface area contributed by atoms with Crippen LogP contribution in [0.15, 0.2) is 0 Å². The summed E-state index contributed by atoms with van der Waals surface area (Å²) < 4.78 is 0. The fourth-order valence-corrected chi connectivity index (χ4v) is 2.13. The minimum absolute atomic E-state index is 0.0442. The van der Waals surface area contributed by atoms with Crippen LogP contribution < -0.4 is 10.6 Å². The first-order valence-electron chi connectivity index (χ1n) is 5.97. The first kappa shape index (κ1) is 11.4. The Morgan fingerprint density at radius 2 is 2.06 bits per heavy atom. The Bertz CT molecular complexity index is 289. The molecule has 5 nitrogen and oxygen atoms in total. The fraction of sp³-hybridized carbons (Fsp3) is 0.818. The van der Waals surface area contributed by atoms with E-state index in [2.05, 4.69) is 10.6 Å². The molecule has 1 atom stereocenters. The third kappa shape index (κ3) is 2.52. The largest absolute Gasteiger partial charge is 0.357 e. The summed E-state index contributed by atoms with van der Waals surface area (Å²) >= 11 is 0. The van der Waals surface area contributed by atoms with Crippen molar-refractivity contribution in [1.29, 1.82) is 0 Å². The first-order valence-corrected chi connectivity index (χ1v) is 5.97. The van der Waals surface area contributed by atoms with Gasteiger partial charge < -0.3 is 15.5 Å². The topological polar surface area (TPSA) is 61.4 Å². The third-order valence-corrected chi connectivity index (χ3v) is 3.24. The third-order valence-electron chi connectivity index (χ3n) is 3.24. The Hall–Kier alpha value is -1.10. The molecule has 1 saturated carbocycles. The van der Waals surface area contributed by atoms with Crippen molar-refractivity contribution in [2.45, 2.75) is 37.8 Å². The van der Waals surface area contributed by atoms with Crippen molar-refractivity contribution in [3.8, 4) is 0 Å². The smallest absolute Gasteiger partial charge is 0.242 e. The van der Waals surface area contributed by atoms with E-state index < -0.39 is 0 Å². The second-order valence-electron chi connectivity index (χ2n) is 4.51. The van der Waals surface area contributed by atoms with Gasteiger partial charge in [0.2, 0.25) is 11.8 Å². The van der Waals surface area contributed by atoms with Crippen LogP contribution in [0.5, 0.6) is 0 Å². The summed E-state index contributed by atoms with van der Waals surface area (Å²) in [7, 11) is 1.62. The van der Waals surface area contributed by atoms with Crippen molar-refractivity contribution in [1.82, 2.24) is 15.5 Å². The van der Waals surface area contributed by atoms with Crippen LogP contribution >= 0.6 is 0 Å². The van der Waals surface area contributed by atoms with Gasteiger partial charge >= 0.3 is 0 Å². The lowest BCUT2D eigenvalue weighted by molar-refractivity contribution is -0.137. The molecule has 2 amide bonds. The average Bonchev–Trinajstić information content (AvgIpc) is 2.99. The number of hydrogen-bond acceptors (Lipinski definition) is 3. The summed E-state index contributed by atoms with van der Waals surface area (Å²) in [4.78, 5) is 25.1. The fourth-order valence-electron chi connectivity index (χ4n) is 2.13. The lowest BCUT2D eigenvalue weighted by atomic mass is 10.2. The number of hydrogen-bond donors (Lipinski definition) is 2. The van der Waals surface area contributed by atoms with Gasteiger partial charge in [-0.15, -0.1) is 0 Å². The SMILES string of the molecule is CNC(=O)C1CCCN1C(=O)CNC1CC1. The summed E-state index contributed by atoms with van der Waals surface area (Å²) in [5, 5.41) is 5.80. The highest BCUT2D eigenvalue weighted by Gasteiger charge is 2.33. The lowest BCUT2D eigenvalue weighted by Crippen LogP contribution is -2.47. The molecule has 16 heavy (non-hydrogen) atoms. The molecule has 1 unspecified atom stereocenters. The van der Waals surface area contributed by atoms with Gasteiger partial charge in [-0.05, 0) is 25.7 Å². The van der Waals surface area contributed by atoms with Crippen LogP contribution in [-0.2, 0) is 9.59 Å². The van der Waals surface area contributed by atoms with E-state index in [1.165, 1.54) is 12.8 Å². The van der Waals surface area contributed by atoms with Gasteiger partial charge in [-0.1, -0.05) is 0 Å². The van der Waals surface area contributed by atoms with Crippen molar-refractivity contribution in [3.63, 3.8) is 0 Å². The molecule has 1 saturated heterocycles. The quantitative estimate of drug-likeness (QED) is 0.676. The molecule has 1 heterocycles. The molecule has 0 aromatic heterocycles. The molecule has 2 aliphatic rings. The summed E-state index contributed by atoms with van der Waals surface area (Å²) in [6.07, 6.45) is 4.06. The number of rotatable bonds is 4. The van der Waals surface area contributed by atoms with Crippen LogP contribution in [0, 0.1) is 0 Å². The molecule has 1 aliphatic heterocycles. The van der Waals surface area contributed by atoms with E-state index in [1.54, 1.807) is 11.9 Å². The van der Waals surface area contributed by atoms with Gasteiger partial charge in [0.1, 0.15) is 6.04 Å². The van der Waals surface area contributed by atoms with Crippen LogP contribution in [0.3, 0.4) is 0 Å². The zero-order chi connectivity index (χ0) is 11.5. The van der Waals surface area contributed by atoms with Crippen molar-refractivity contribution in [3.05, 3.63) is 0 Å². The maximum absolute atomic E-state index is 11.9. The number of nitrogens with zero attached hydrogens (tertiary/aromatic N) is 1. The maximum Gasteiger partial charge on any atom is 0.242 e. The predicted octanol–water partition coefficient (Wildman–Crippen LogP) is -0.525. The van der Waals surface area contributed by atoms with Gasteiger partial charge in [-0.3, -0.25) is 9.59 Å². The molecule has 0 spiro atoms. The lowest BCUT2D eigenvalue weighted by Gasteiger charge is -2.23. The van der Waals surface area contributed by atoms with E-state index in [1.807, 2.05) is 0 Å². The average molecular weight is 225 g/mol. The van der Waals surface area contributed by atoms with Crippen LogP contribution in [0.4, 0.5) is 0 Å². The second-order valence-corrected chi connectivity index (χ2v) is 4.51. The van der Waals surface area contributed by atoms with E-state index in [4.69, 9.17) is 0 Å². The van der Waals surface area contributed by atoms with Gasteiger partial charge in [0.25, 0.3) is 0 Å². The van der Waals surface area contributed by atoms with E-state index >= 15 is 0 Å². The molecule has 90 valence electrons. The van der Waals surface area contributed by atoms with Gasteiger partial charge in [0.15, 0.2) is 0 Å². The summed E-state index contributed by atoms with van der Waals surface area (Å²) in [6.45, 7) is 1.08. The van der Waals surface area contributed by atoms with Crippen LogP contribution in [0.2, 0.25) is 0 Å². The van der Waals surface area contributed by atoms with Crippen molar-refractivity contribution in [2.75, 3.05) is 20.1 Å². The molecule has 1 aliphatic carbocycles. The molecular formula is C11H19N3O2. The Kier molecular flexibility index (Phi) is 3.43. The molecule has 0 aromatic carbocycles. The van der Waals surface area contributed by atoms with Gasteiger partial charge in [-0.25, -0.2) is 0 Å². The molecule has 0 radical (unpaired) electrons. The van der Waals surface area contributed by atoms with Crippen molar-refractivity contribution in [2.24, 2.45) is 0 Å². The second kappa shape index (κ2) is 4.82. The van der Waals surface area contributed by atoms with Crippen molar-refractivity contribution >= 4 is 11.8 Å². The maximum atomic E-state index is 11.9. The molecule has 5 heteroatoms. The van der Waals surface area contributed by atoms with E-state index in [0.29, 0.717) is 19.1 Å². The zero-order valence-electron chi connectivity index (χ0n) is 9.66. The summed E-state index contributed by atoms with van der Waals surface area (Å²) in [5.74, 6) is 0.00951. The van der Waals surface area contributed by atoms with Gasteiger partial charge in [-0.2, -0.15) is 0 Å². The van der Waals surface area contributed by atoms with Crippen LogP contribution in [-0.4, -0.2) is 48.9 Å². The van der Waals surface area contributed by atoms with E-state index in [0.717, 1.165) is 12.8 Å². The van der Waals surface area contributed by atoms with Gasteiger partial charge in [0, 0.05) is 19.6 Å². The Labute approximate surface area is 95.6 Å². The number of carbonyl (C=O) groups is 2. The Balaban J connectivity index is 1.85. The van der Waals surface area contributed by atoms with E-state index in [9.17, 15) is 9.59 Å². The van der Waals surface area contributed by atoms with Gasteiger partial charge in [0.05, 0.1) is 6.54 Å². The molecule has 0 bridgehead atoms. The minimum atomic E-state index is -0.251. The number of amides is 2. The minimum Gasteiger partial charge on any atom is -0.357 e. The van der Waals surface area contributed by atoms with Crippen LogP contribution in [0.25, 0.3) is 0 Å². The number of nitrogens with one attached hydrogen (secondary N) is 2. The normalized spacial score (nSPS) is 24.6. The summed E-state index contributed by atoms with van der Waals surface area (Å²) in [6, 6.07) is 0.281. The highest BCUT2D eigenvalue weighted by molar-refractivity contribution is 5.88. The number of likely N-dealkylation sites (tertiary alicyclic amines) is 1. The molecule has 2 rings (SSSR count). The zero-order valence-corrected chi connectivity index (χ0v) is 9.66. The monoisotopic (exact) mass is 225 g/mol. The van der Waals surface area contributed by atoms with Crippen molar-refractivity contribution < 1.29 is 9.59 Å². The molecule has 0 aromatic rings. The number of carbonyl (C=O) groups excluding carboxylic acids is 2. The molecule has 2 N–H and O–H groups in total. The highest BCUT2D eigenvalue weighted by atomic mass is 16.2. The Morgan fingerprint density at radius 3 is 2.69 bits per heavy atom. The molecule has 2 fully saturated rings. The van der Waals surface area contributed by atoms with Crippen LogP contribution in [0.1, 0.15) is 25.7 Å².